The van der Waals surface area contributed by atoms with Gasteiger partial charge in [0, 0.05) is 6.61 Å². The van der Waals surface area contributed by atoms with E-state index in [1.807, 2.05) is 24.3 Å². The van der Waals surface area contributed by atoms with Crippen LogP contribution in [0.1, 0.15) is 31.7 Å². The predicted octanol–water partition coefficient (Wildman–Crippen LogP) is 2.79. The first kappa shape index (κ1) is 12.1. The molecular weight excluding hydrogens is 188 g/mol. The third kappa shape index (κ3) is 4.34. The molecule has 1 aromatic carbocycles. The molecule has 2 heteroatoms. The van der Waals surface area contributed by atoms with Gasteiger partial charge in [0.15, 0.2) is 0 Å². The van der Waals surface area contributed by atoms with Crippen molar-refractivity contribution in [2.45, 2.75) is 32.6 Å². The molecule has 0 radical (unpaired) electrons. The van der Waals surface area contributed by atoms with Crippen molar-refractivity contribution in [2.24, 2.45) is 0 Å². The van der Waals surface area contributed by atoms with E-state index in [0.717, 1.165) is 24.3 Å². The van der Waals surface area contributed by atoms with E-state index >= 15 is 0 Å². The maximum atomic E-state index is 8.90. The van der Waals surface area contributed by atoms with Crippen molar-refractivity contribution >= 4 is 0 Å². The van der Waals surface area contributed by atoms with Gasteiger partial charge >= 0.3 is 0 Å². The van der Waals surface area contributed by atoms with Crippen molar-refractivity contribution in [3.63, 3.8) is 0 Å². The van der Waals surface area contributed by atoms with Gasteiger partial charge in [0.05, 0.1) is 6.61 Å². The molecule has 0 fully saturated rings. The van der Waals surface area contributed by atoms with E-state index in [1.165, 1.54) is 12.8 Å². The Labute approximate surface area is 91.9 Å². The van der Waals surface area contributed by atoms with Gasteiger partial charge in [0.1, 0.15) is 5.75 Å². The number of rotatable bonds is 7. The fourth-order valence-electron chi connectivity index (χ4n) is 1.51. The average molecular weight is 208 g/mol. The first-order valence-corrected chi connectivity index (χ1v) is 5.70. The maximum absolute atomic E-state index is 8.90. The van der Waals surface area contributed by atoms with E-state index in [2.05, 4.69) is 6.92 Å². The van der Waals surface area contributed by atoms with Crippen LogP contribution in [-0.4, -0.2) is 18.3 Å². The minimum atomic E-state index is 0.176. The largest absolute Gasteiger partial charge is 0.493 e. The molecule has 0 aliphatic heterocycles. The molecule has 2 nitrogen and oxygen atoms in total. The third-order valence-electron chi connectivity index (χ3n) is 2.36. The second-order valence-electron chi connectivity index (χ2n) is 3.64. The fraction of sp³-hybridized carbons (Fsp3) is 0.538. The molecule has 0 bridgehead atoms. The smallest absolute Gasteiger partial charge is 0.122 e. The van der Waals surface area contributed by atoms with E-state index in [0.29, 0.717) is 6.42 Å². The second-order valence-corrected chi connectivity index (χ2v) is 3.64. The Bertz CT molecular complexity index is 271. The highest BCUT2D eigenvalue weighted by molar-refractivity contribution is 5.33. The highest BCUT2D eigenvalue weighted by Gasteiger charge is 2.01. The van der Waals surface area contributed by atoms with E-state index in [-0.39, 0.29) is 6.61 Å². The van der Waals surface area contributed by atoms with Gasteiger partial charge < -0.3 is 9.84 Å². The number of aliphatic hydroxyl groups excluding tert-OH is 1. The summed E-state index contributed by atoms with van der Waals surface area (Å²) in [5.74, 6) is 0.919. The van der Waals surface area contributed by atoms with Crippen molar-refractivity contribution < 1.29 is 9.84 Å². The number of para-hydroxylation sites is 1. The zero-order chi connectivity index (χ0) is 10.9. The molecule has 1 rings (SSSR count). The van der Waals surface area contributed by atoms with Crippen molar-refractivity contribution in [2.75, 3.05) is 13.2 Å². The molecule has 0 heterocycles. The molecule has 0 saturated carbocycles. The van der Waals surface area contributed by atoms with Gasteiger partial charge in [-0.15, -0.1) is 0 Å². The number of benzene rings is 1. The summed E-state index contributed by atoms with van der Waals surface area (Å²) in [5.41, 5.74) is 1.09. The number of hydrogen-bond acceptors (Lipinski definition) is 2. The summed E-state index contributed by atoms with van der Waals surface area (Å²) < 4.78 is 5.68. The molecule has 0 atom stereocenters. The van der Waals surface area contributed by atoms with E-state index < -0.39 is 0 Å². The van der Waals surface area contributed by atoms with Crippen LogP contribution in [0.4, 0.5) is 0 Å². The Morgan fingerprint density at radius 1 is 1.20 bits per heavy atom. The maximum Gasteiger partial charge on any atom is 0.122 e. The summed E-state index contributed by atoms with van der Waals surface area (Å²) in [6.07, 6.45) is 4.19. The van der Waals surface area contributed by atoms with Crippen LogP contribution in [0, 0.1) is 0 Å². The van der Waals surface area contributed by atoms with Crippen LogP contribution in [-0.2, 0) is 6.42 Å². The first-order valence-electron chi connectivity index (χ1n) is 5.70. The normalized spacial score (nSPS) is 10.3. The van der Waals surface area contributed by atoms with Crippen molar-refractivity contribution in [1.29, 1.82) is 0 Å². The molecule has 1 N–H and O–H groups in total. The van der Waals surface area contributed by atoms with Crippen molar-refractivity contribution in [3.05, 3.63) is 29.8 Å². The number of aliphatic hydroxyl groups is 1. The second kappa shape index (κ2) is 7.30. The van der Waals surface area contributed by atoms with Crippen LogP contribution in [0.25, 0.3) is 0 Å². The molecular formula is C13H20O2. The molecule has 0 amide bonds. The van der Waals surface area contributed by atoms with E-state index in [4.69, 9.17) is 9.84 Å². The van der Waals surface area contributed by atoms with Crippen LogP contribution >= 0.6 is 0 Å². The molecule has 0 saturated heterocycles. The lowest BCUT2D eigenvalue weighted by molar-refractivity contribution is 0.284. The fourth-order valence-corrected chi connectivity index (χ4v) is 1.51. The van der Waals surface area contributed by atoms with Crippen molar-refractivity contribution in [1.82, 2.24) is 0 Å². The van der Waals surface area contributed by atoms with Gasteiger partial charge in [-0.2, -0.15) is 0 Å². The Balaban J connectivity index is 2.44. The van der Waals surface area contributed by atoms with Gasteiger partial charge in [0.2, 0.25) is 0 Å². The van der Waals surface area contributed by atoms with Crippen LogP contribution in [0.2, 0.25) is 0 Å². The zero-order valence-electron chi connectivity index (χ0n) is 9.41. The van der Waals surface area contributed by atoms with Gasteiger partial charge in [-0.05, 0) is 24.5 Å². The standard InChI is InChI=1S/C13H20O2/c1-2-3-6-11-15-13-8-5-4-7-12(13)9-10-14/h4-5,7-8,14H,2-3,6,9-11H2,1H3. The van der Waals surface area contributed by atoms with Crippen LogP contribution in [0.3, 0.4) is 0 Å². The molecule has 0 unspecified atom stereocenters. The summed E-state index contributed by atoms with van der Waals surface area (Å²) >= 11 is 0. The minimum absolute atomic E-state index is 0.176. The SMILES string of the molecule is CCCCCOc1ccccc1CCO. The number of unbranched alkanes of at least 4 members (excludes halogenated alkanes) is 2. The molecule has 0 aromatic heterocycles. The predicted molar refractivity (Wildman–Crippen MR) is 62.3 cm³/mol. The van der Waals surface area contributed by atoms with Crippen LogP contribution in [0.5, 0.6) is 5.75 Å². The Kier molecular flexibility index (Phi) is 5.86. The summed E-state index contributed by atoms with van der Waals surface area (Å²) in [5, 5.41) is 8.90. The summed E-state index contributed by atoms with van der Waals surface area (Å²) in [4.78, 5) is 0. The zero-order valence-corrected chi connectivity index (χ0v) is 9.41. The summed E-state index contributed by atoms with van der Waals surface area (Å²) in [6, 6.07) is 7.92. The van der Waals surface area contributed by atoms with Crippen molar-refractivity contribution in [3.8, 4) is 5.75 Å². The number of hydrogen-bond donors (Lipinski definition) is 1. The molecule has 15 heavy (non-hydrogen) atoms. The Morgan fingerprint density at radius 2 is 2.00 bits per heavy atom. The van der Waals surface area contributed by atoms with Gasteiger partial charge in [-0.3, -0.25) is 0 Å². The summed E-state index contributed by atoms with van der Waals surface area (Å²) in [7, 11) is 0. The topological polar surface area (TPSA) is 29.5 Å². The third-order valence-corrected chi connectivity index (χ3v) is 2.36. The molecule has 0 spiro atoms. The molecule has 0 aliphatic carbocycles. The molecule has 1 aromatic rings. The molecule has 84 valence electrons. The van der Waals surface area contributed by atoms with E-state index in [9.17, 15) is 0 Å². The lowest BCUT2D eigenvalue weighted by Gasteiger charge is -2.10. The highest BCUT2D eigenvalue weighted by atomic mass is 16.5. The monoisotopic (exact) mass is 208 g/mol. The quantitative estimate of drug-likeness (QED) is 0.698. The Morgan fingerprint density at radius 3 is 2.73 bits per heavy atom. The van der Waals surface area contributed by atoms with Gasteiger partial charge in [0.25, 0.3) is 0 Å². The van der Waals surface area contributed by atoms with Crippen LogP contribution < -0.4 is 4.74 Å². The highest BCUT2D eigenvalue weighted by Crippen LogP contribution is 2.18. The lowest BCUT2D eigenvalue weighted by Crippen LogP contribution is -2.01. The molecule has 0 aliphatic rings. The minimum Gasteiger partial charge on any atom is -0.493 e. The van der Waals surface area contributed by atoms with Gasteiger partial charge in [-0.25, -0.2) is 0 Å². The lowest BCUT2D eigenvalue weighted by atomic mass is 10.1. The Hall–Kier alpha value is -1.02. The van der Waals surface area contributed by atoms with Gasteiger partial charge in [-0.1, -0.05) is 38.0 Å². The summed E-state index contributed by atoms with van der Waals surface area (Å²) in [6.45, 7) is 3.13. The average Bonchev–Trinajstić information content (AvgIpc) is 2.27. The first-order chi connectivity index (χ1) is 7.38. The van der Waals surface area contributed by atoms with Crippen LogP contribution in [0.15, 0.2) is 24.3 Å². The van der Waals surface area contributed by atoms with E-state index in [1.54, 1.807) is 0 Å². The number of ether oxygens (including phenoxy) is 1.